The van der Waals surface area contributed by atoms with E-state index in [1.807, 2.05) is 4.90 Å². The predicted octanol–water partition coefficient (Wildman–Crippen LogP) is 0.736. The third-order valence-electron chi connectivity index (χ3n) is 3.90. The number of carbonyl (C=O) groups is 1. The largest absolute Gasteiger partial charge is 0.339 e. The molecule has 2 aliphatic rings. The van der Waals surface area contributed by atoms with Crippen LogP contribution in [0.25, 0.3) is 0 Å². The summed E-state index contributed by atoms with van der Waals surface area (Å²) in [6.45, 7) is 3.35. The van der Waals surface area contributed by atoms with E-state index in [-0.39, 0.29) is 11.3 Å². The van der Waals surface area contributed by atoms with Crippen LogP contribution in [0.5, 0.6) is 0 Å². The number of rotatable bonds is 1. The van der Waals surface area contributed by atoms with Gasteiger partial charge in [-0.15, -0.1) is 0 Å². The summed E-state index contributed by atoms with van der Waals surface area (Å²) in [5.41, 5.74) is 6.12. The zero-order valence-corrected chi connectivity index (χ0v) is 8.25. The normalized spacial score (nSPS) is 38.0. The van der Waals surface area contributed by atoms with Gasteiger partial charge in [-0.2, -0.15) is 0 Å². The van der Waals surface area contributed by atoms with E-state index in [0.29, 0.717) is 6.04 Å². The Kier molecular flexibility index (Phi) is 2.06. The summed E-state index contributed by atoms with van der Waals surface area (Å²) in [7, 11) is 0. The minimum Gasteiger partial charge on any atom is -0.339 e. The molecule has 0 unspecified atom stereocenters. The van der Waals surface area contributed by atoms with Gasteiger partial charge in [0, 0.05) is 24.9 Å². The van der Waals surface area contributed by atoms with Gasteiger partial charge < -0.3 is 10.6 Å². The first-order valence-corrected chi connectivity index (χ1v) is 5.17. The highest BCUT2D eigenvalue weighted by molar-refractivity contribution is 5.74. The molecule has 1 aliphatic heterocycles. The Hall–Kier alpha value is -0.570. The molecular weight excluding hydrogens is 164 g/mol. The van der Waals surface area contributed by atoms with Crippen LogP contribution in [0.4, 0.5) is 0 Å². The highest BCUT2D eigenvalue weighted by Crippen LogP contribution is 2.47. The first-order chi connectivity index (χ1) is 6.19. The molecule has 1 saturated carbocycles. The lowest BCUT2D eigenvalue weighted by atomic mass is 9.82. The zero-order chi connectivity index (χ0) is 9.47. The van der Waals surface area contributed by atoms with Crippen molar-refractivity contribution < 1.29 is 4.79 Å². The summed E-state index contributed by atoms with van der Waals surface area (Å²) in [6, 6.07) is 0.454. The number of carbonyl (C=O) groups excluding carboxylic acids is 1. The molecule has 0 spiro atoms. The number of hydrogen-bond donors (Lipinski definition) is 1. The van der Waals surface area contributed by atoms with Gasteiger partial charge in [0.05, 0.1) is 0 Å². The third kappa shape index (κ3) is 1.17. The molecule has 1 heterocycles. The molecule has 13 heavy (non-hydrogen) atoms. The lowest BCUT2D eigenvalue weighted by Gasteiger charge is -2.30. The quantitative estimate of drug-likeness (QED) is 0.650. The topological polar surface area (TPSA) is 46.3 Å². The molecule has 2 rings (SSSR count). The Morgan fingerprint density at radius 2 is 2.38 bits per heavy atom. The molecule has 3 nitrogen and oxygen atoms in total. The van der Waals surface area contributed by atoms with Crippen molar-refractivity contribution in [2.45, 2.75) is 38.6 Å². The first-order valence-electron chi connectivity index (χ1n) is 5.17. The highest BCUT2D eigenvalue weighted by atomic mass is 16.2. The Balaban J connectivity index is 2.19. The minimum absolute atomic E-state index is 0.224. The zero-order valence-electron chi connectivity index (χ0n) is 8.25. The average Bonchev–Trinajstić information content (AvgIpc) is 2.59. The van der Waals surface area contributed by atoms with Crippen molar-refractivity contribution in [3.63, 3.8) is 0 Å². The van der Waals surface area contributed by atoms with E-state index in [9.17, 15) is 4.79 Å². The molecule has 0 aromatic rings. The molecule has 2 atom stereocenters. The lowest BCUT2D eigenvalue weighted by molar-refractivity contribution is -0.130. The van der Waals surface area contributed by atoms with Crippen LogP contribution in [0.3, 0.4) is 0 Å². The Morgan fingerprint density at radius 3 is 3.00 bits per heavy atom. The van der Waals surface area contributed by atoms with Crippen LogP contribution in [0, 0.1) is 5.41 Å². The minimum atomic E-state index is 0.224. The van der Waals surface area contributed by atoms with E-state index in [2.05, 4.69) is 0 Å². The van der Waals surface area contributed by atoms with Crippen LogP contribution in [-0.4, -0.2) is 29.9 Å². The molecule has 2 fully saturated rings. The van der Waals surface area contributed by atoms with Gasteiger partial charge in [0.1, 0.15) is 0 Å². The molecule has 3 heteroatoms. The molecule has 1 amide bonds. The molecule has 74 valence electrons. The second-order valence-corrected chi connectivity index (χ2v) is 4.44. The van der Waals surface area contributed by atoms with E-state index in [4.69, 9.17) is 5.73 Å². The maximum Gasteiger partial charge on any atom is 0.219 e. The summed E-state index contributed by atoms with van der Waals surface area (Å²) in [5.74, 6) is 0.224. The number of nitrogens with two attached hydrogens (primary N) is 1. The third-order valence-corrected chi connectivity index (χ3v) is 3.90. The van der Waals surface area contributed by atoms with E-state index in [1.54, 1.807) is 6.92 Å². The summed E-state index contributed by atoms with van der Waals surface area (Å²) in [5, 5.41) is 0. The second kappa shape index (κ2) is 2.98. The highest BCUT2D eigenvalue weighted by Gasteiger charge is 2.49. The molecule has 0 aromatic heterocycles. The Labute approximate surface area is 79.3 Å². The van der Waals surface area contributed by atoms with E-state index >= 15 is 0 Å². The SMILES string of the molecule is CC(=O)N1CC[C@]2(CN)CCC[C@H]12. The van der Waals surface area contributed by atoms with Crippen molar-refractivity contribution in [3.05, 3.63) is 0 Å². The van der Waals surface area contributed by atoms with E-state index in [1.165, 1.54) is 12.8 Å². The lowest BCUT2D eigenvalue weighted by Crippen LogP contribution is -2.41. The summed E-state index contributed by atoms with van der Waals surface area (Å²) >= 11 is 0. The monoisotopic (exact) mass is 182 g/mol. The van der Waals surface area contributed by atoms with Gasteiger partial charge in [-0.1, -0.05) is 6.42 Å². The average molecular weight is 182 g/mol. The summed E-state index contributed by atoms with van der Waals surface area (Å²) < 4.78 is 0. The van der Waals surface area contributed by atoms with E-state index < -0.39 is 0 Å². The van der Waals surface area contributed by atoms with Gasteiger partial charge >= 0.3 is 0 Å². The van der Waals surface area contributed by atoms with Crippen LogP contribution < -0.4 is 5.73 Å². The Morgan fingerprint density at radius 1 is 1.62 bits per heavy atom. The molecule has 0 radical (unpaired) electrons. The summed E-state index contributed by atoms with van der Waals surface area (Å²) in [6.07, 6.45) is 4.74. The predicted molar refractivity (Wildman–Crippen MR) is 51.1 cm³/mol. The molecular formula is C10H18N2O. The number of likely N-dealkylation sites (tertiary alicyclic amines) is 1. The maximum absolute atomic E-state index is 11.3. The standard InChI is InChI=1S/C10H18N2O/c1-8(13)12-6-5-10(7-11)4-2-3-9(10)12/h9H,2-7,11H2,1H3/t9-,10-/m0/s1. The van der Waals surface area contributed by atoms with Crippen molar-refractivity contribution in [1.29, 1.82) is 0 Å². The molecule has 2 N–H and O–H groups in total. The van der Waals surface area contributed by atoms with Crippen molar-refractivity contribution in [2.24, 2.45) is 11.1 Å². The van der Waals surface area contributed by atoms with Gasteiger partial charge in [0.2, 0.25) is 5.91 Å². The number of fused-ring (bicyclic) bond motifs is 1. The van der Waals surface area contributed by atoms with Crippen molar-refractivity contribution in [2.75, 3.05) is 13.1 Å². The number of nitrogens with zero attached hydrogens (tertiary/aromatic N) is 1. The second-order valence-electron chi connectivity index (χ2n) is 4.44. The Bertz CT molecular complexity index is 229. The maximum atomic E-state index is 11.3. The fraction of sp³-hybridized carbons (Fsp3) is 0.900. The summed E-state index contributed by atoms with van der Waals surface area (Å²) in [4.78, 5) is 13.4. The van der Waals surface area contributed by atoms with Crippen LogP contribution >= 0.6 is 0 Å². The molecule has 0 aromatic carbocycles. The van der Waals surface area contributed by atoms with Crippen LogP contribution in [0.2, 0.25) is 0 Å². The first kappa shape index (κ1) is 9.00. The van der Waals surface area contributed by atoms with Crippen molar-refractivity contribution >= 4 is 5.91 Å². The molecule has 0 bridgehead atoms. The van der Waals surface area contributed by atoms with Crippen LogP contribution in [0.1, 0.15) is 32.6 Å². The van der Waals surface area contributed by atoms with Gasteiger partial charge in [-0.25, -0.2) is 0 Å². The van der Waals surface area contributed by atoms with Gasteiger partial charge in [0.15, 0.2) is 0 Å². The number of amides is 1. The van der Waals surface area contributed by atoms with Gasteiger partial charge in [-0.3, -0.25) is 4.79 Å². The molecule has 1 saturated heterocycles. The van der Waals surface area contributed by atoms with Crippen LogP contribution in [-0.2, 0) is 4.79 Å². The smallest absolute Gasteiger partial charge is 0.219 e. The van der Waals surface area contributed by atoms with Crippen LogP contribution in [0.15, 0.2) is 0 Å². The van der Waals surface area contributed by atoms with Gasteiger partial charge in [-0.05, 0) is 25.8 Å². The van der Waals surface area contributed by atoms with Crippen molar-refractivity contribution in [1.82, 2.24) is 4.90 Å². The number of hydrogen-bond acceptors (Lipinski definition) is 2. The fourth-order valence-electron chi connectivity index (χ4n) is 3.11. The van der Waals surface area contributed by atoms with Gasteiger partial charge in [0.25, 0.3) is 0 Å². The van der Waals surface area contributed by atoms with Crippen molar-refractivity contribution in [3.8, 4) is 0 Å². The van der Waals surface area contributed by atoms with E-state index in [0.717, 1.165) is 25.9 Å². The molecule has 1 aliphatic carbocycles. The fourth-order valence-corrected chi connectivity index (χ4v) is 3.11.